The molecule has 0 aliphatic carbocycles. The summed E-state index contributed by atoms with van der Waals surface area (Å²) in [6.45, 7) is 1.26. The first-order chi connectivity index (χ1) is 18.5. The Morgan fingerprint density at radius 2 is 1.62 bits per heavy atom. The number of benzene rings is 2. The highest BCUT2D eigenvalue weighted by Crippen LogP contribution is 2.37. The number of hydrogen-bond acceptors (Lipinski definition) is 4. The average molecular weight is 571 g/mol. The van der Waals surface area contributed by atoms with E-state index in [4.69, 9.17) is 5.73 Å². The lowest BCUT2D eigenvalue weighted by Crippen LogP contribution is -2.41. The zero-order chi connectivity index (χ0) is 29.7. The van der Waals surface area contributed by atoms with E-state index in [0.717, 1.165) is 0 Å². The van der Waals surface area contributed by atoms with Crippen molar-refractivity contribution in [2.75, 3.05) is 0 Å². The third kappa shape index (κ3) is 5.10. The summed E-state index contributed by atoms with van der Waals surface area (Å²) in [5.74, 6) is -5.08. The van der Waals surface area contributed by atoms with Gasteiger partial charge >= 0.3 is 18.0 Å². The summed E-state index contributed by atoms with van der Waals surface area (Å²) in [5, 5.41) is 0. The topological polar surface area (TPSA) is 105 Å². The normalized spacial score (nSPS) is 13.9. The van der Waals surface area contributed by atoms with E-state index < -0.39 is 75.5 Å². The molecule has 0 aliphatic heterocycles. The molecule has 8 nitrogen and oxygen atoms in total. The van der Waals surface area contributed by atoms with Gasteiger partial charge in [0.15, 0.2) is 0 Å². The third-order valence-electron chi connectivity index (χ3n) is 6.52. The van der Waals surface area contributed by atoms with Crippen LogP contribution in [-0.4, -0.2) is 24.6 Å². The molecule has 2 heterocycles. The average Bonchev–Trinajstić information content (AvgIpc) is 3.23. The lowest BCUT2D eigenvalue weighted by Gasteiger charge is -2.25. The number of carbonyl (C=O) groups excluding carboxylic acids is 1. The van der Waals surface area contributed by atoms with E-state index in [1.807, 2.05) is 0 Å². The summed E-state index contributed by atoms with van der Waals surface area (Å²) in [6, 6.07) is 8.23. The molecule has 4 rings (SSSR count). The van der Waals surface area contributed by atoms with Gasteiger partial charge in [0, 0.05) is 25.2 Å². The fourth-order valence-corrected chi connectivity index (χ4v) is 4.56. The van der Waals surface area contributed by atoms with E-state index in [0.29, 0.717) is 29.3 Å². The second kappa shape index (κ2) is 9.95. The molecule has 1 amide bonds. The van der Waals surface area contributed by atoms with Gasteiger partial charge in [0.05, 0.1) is 22.6 Å². The van der Waals surface area contributed by atoms with Crippen molar-refractivity contribution in [1.82, 2.24) is 18.7 Å². The van der Waals surface area contributed by atoms with E-state index >= 15 is 4.39 Å². The fraction of sp³-hybridized carbons (Fsp3) is 0.280. The minimum absolute atomic E-state index is 0.0643. The first kappa shape index (κ1) is 28.6. The van der Waals surface area contributed by atoms with Crippen LogP contribution in [0.15, 0.2) is 58.1 Å². The van der Waals surface area contributed by atoms with Crippen LogP contribution in [0.3, 0.4) is 0 Å². The van der Waals surface area contributed by atoms with Gasteiger partial charge in [-0.15, -0.1) is 0 Å². The monoisotopic (exact) mass is 571 g/mol. The van der Waals surface area contributed by atoms with Crippen molar-refractivity contribution >= 4 is 16.9 Å². The molecule has 0 radical (unpaired) electrons. The summed E-state index contributed by atoms with van der Waals surface area (Å²) in [5.41, 5.74) is -0.521. The number of rotatable bonds is 6. The van der Waals surface area contributed by atoms with Crippen LogP contribution in [0.1, 0.15) is 30.0 Å². The van der Waals surface area contributed by atoms with Crippen molar-refractivity contribution in [2.24, 2.45) is 18.7 Å². The van der Waals surface area contributed by atoms with Crippen LogP contribution in [0.25, 0.3) is 16.7 Å². The zero-order valence-corrected chi connectivity index (χ0v) is 20.7. The quantitative estimate of drug-likeness (QED) is 0.354. The van der Waals surface area contributed by atoms with Crippen LogP contribution >= 0.6 is 0 Å². The zero-order valence-electron chi connectivity index (χ0n) is 20.7. The Labute approximate surface area is 220 Å². The van der Waals surface area contributed by atoms with Gasteiger partial charge < -0.3 is 10.3 Å². The largest absolute Gasteiger partial charge is 0.449 e. The maximum absolute atomic E-state index is 15.1. The molecule has 2 aromatic heterocycles. The van der Waals surface area contributed by atoms with Crippen molar-refractivity contribution in [2.45, 2.75) is 31.7 Å². The Morgan fingerprint density at radius 1 is 1.00 bits per heavy atom. The standard InChI is InChI=1S/C25H20F7N5O3/c1-12(14(21(33)39)8-13-6-4-3-5-7-13)36-18-10-17(15(26)9-16(18)34-22(36)25(30,31)32)37-20(38)11-19(24(27,28)29)35(2)23(37)40/h3-7,9-12,14H,8H2,1-2H3,(H2,33,39). The smallest absolute Gasteiger partial charge is 0.369 e. The van der Waals surface area contributed by atoms with Gasteiger partial charge in [-0.1, -0.05) is 30.3 Å². The van der Waals surface area contributed by atoms with Crippen LogP contribution in [0.2, 0.25) is 0 Å². The molecule has 4 aromatic rings. The van der Waals surface area contributed by atoms with Gasteiger partial charge in [-0.3, -0.25) is 14.2 Å². The number of nitrogens with two attached hydrogens (primary N) is 1. The van der Waals surface area contributed by atoms with E-state index in [1.54, 1.807) is 30.3 Å². The molecule has 2 unspecified atom stereocenters. The summed E-state index contributed by atoms with van der Waals surface area (Å²) >= 11 is 0. The van der Waals surface area contributed by atoms with Gasteiger partial charge in [0.1, 0.15) is 11.5 Å². The minimum atomic E-state index is -5.10. The summed E-state index contributed by atoms with van der Waals surface area (Å²) in [7, 11) is 0.701. The summed E-state index contributed by atoms with van der Waals surface area (Å²) < 4.78 is 97.8. The molecule has 212 valence electrons. The molecular weight excluding hydrogens is 551 g/mol. The van der Waals surface area contributed by atoms with Gasteiger partial charge in [-0.25, -0.2) is 18.7 Å². The van der Waals surface area contributed by atoms with Crippen LogP contribution < -0.4 is 17.0 Å². The molecule has 0 saturated carbocycles. The predicted molar refractivity (Wildman–Crippen MR) is 128 cm³/mol. The first-order valence-corrected chi connectivity index (χ1v) is 11.5. The lowest BCUT2D eigenvalue weighted by molar-refractivity contribution is -0.148. The van der Waals surface area contributed by atoms with Gasteiger partial charge in [-0.05, 0) is 25.0 Å². The Hall–Kier alpha value is -4.43. The minimum Gasteiger partial charge on any atom is -0.369 e. The van der Waals surface area contributed by atoms with E-state index in [-0.39, 0.29) is 21.6 Å². The van der Waals surface area contributed by atoms with Crippen molar-refractivity contribution in [3.8, 4) is 5.69 Å². The number of amides is 1. The third-order valence-corrected chi connectivity index (χ3v) is 6.52. The number of halogens is 7. The maximum atomic E-state index is 15.1. The molecule has 0 aliphatic rings. The van der Waals surface area contributed by atoms with Crippen molar-refractivity contribution < 1.29 is 35.5 Å². The number of primary amides is 1. The number of hydrogen-bond donors (Lipinski definition) is 1. The maximum Gasteiger partial charge on any atom is 0.449 e. The number of carbonyl (C=O) groups is 1. The van der Waals surface area contributed by atoms with E-state index in [9.17, 15) is 40.7 Å². The Morgan fingerprint density at radius 3 is 2.17 bits per heavy atom. The molecule has 0 bridgehead atoms. The molecule has 0 saturated heterocycles. The predicted octanol–water partition coefficient (Wildman–Crippen LogP) is 3.97. The van der Waals surface area contributed by atoms with Crippen molar-refractivity contribution in [1.29, 1.82) is 0 Å². The van der Waals surface area contributed by atoms with Crippen molar-refractivity contribution in [3.63, 3.8) is 0 Å². The molecular formula is C25H20F7N5O3. The number of imidazole rings is 1. The highest BCUT2D eigenvalue weighted by atomic mass is 19.4. The van der Waals surface area contributed by atoms with Gasteiger partial charge in [0.2, 0.25) is 11.7 Å². The first-order valence-electron chi connectivity index (χ1n) is 11.5. The van der Waals surface area contributed by atoms with Crippen molar-refractivity contribution in [3.05, 3.63) is 92.3 Å². The van der Waals surface area contributed by atoms with Crippen LogP contribution in [0.4, 0.5) is 30.7 Å². The molecule has 2 N–H and O–H groups in total. The van der Waals surface area contributed by atoms with Crippen LogP contribution in [0.5, 0.6) is 0 Å². The van der Waals surface area contributed by atoms with E-state index in [1.165, 1.54) is 6.92 Å². The number of fused-ring (bicyclic) bond motifs is 1. The molecule has 0 fully saturated rings. The summed E-state index contributed by atoms with van der Waals surface area (Å²) in [6.07, 6.45) is -10.3. The molecule has 15 heteroatoms. The van der Waals surface area contributed by atoms with Gasteiger partial charge in [-0.2, -0.15) is 26.3 Å². The van der Waals surface area contributed by atoms with Crippen LogP contribution in [0, 0.1) is 11.7 Å². The van der Waals surface area contributed by atoms with Gasteiger partial charge in [0.25, 0.3) is 5.56 Å². The fourth-order valence-electron chi connectivity index (χ4n) is 4.56. The SMILES string of the molecule is CC(C(Cc1ccccc1)C(N)=O)n1c(C(F)(F)F)nc2cc(F)c(-n3c(=O)cc(C(F)(F)F)n(C)c3=O)cc21. The Bertz CT molecular complexity index is 1720. The Kier molecular flexibility index (Phi) is 7.11. The molecule has 0 spiro atoms. The second-order valence-corrected chi connectivity index (χ2v) is 9.08. The number of nitrogens with zero attached hydrogens (tertiary/aromatic N) is 4. The molecule has 2 aromatic carbocycles. The number of alkyl halides is 6. The van der Waals surface area contributed by atoms with Crippen LogP contribution in [-0.2, 0) is 30.6 Å². The summed E-state index contributed by atoms with van der Waals surface area (Å²) in [4.78, 5) is 41.1. The lowest BCUT2D eigenvalue weighted by atomic mass is 9.92. The highest BCUT2D eigenvalue weighted by Gasteiger charge is 2.41. The highest BCUT2D eigenvalue weighted by molar-refractivity contribution is 5.81. The number of aromatic nitrogens is 4. The molecule has 40 heavy (non-hydrogen) atoms. The van der Waals surface area contributed by atoms with E-state index in [2.05, 4.69) is 4.98 Å². The second-order valence-electron chi connectivity index (χ2n) is 9.08. The Balaban J connectivity index is 1.99. The molecule has 2 atom stereocenters.